The number of hydrogen-bond donors (Lipinski definition) is 4. The molecule has 9 nitrogen and oxygen atoms in total. The Morgan fingerprint density at radius 3 is 2.51 bits per heavy atom. The number of nitrogens with zero attached hydrogens (tertiary/aromatic N) is 1. The molecule has 1 aromatic rings. The Hall–Kier alpha value is -2.94. The van der Waals surface area contributed by atoms with Crippen LogP contribution in [0.25, 0.3) is 0 Å². The molecule has 194 valence electrons. The van der Waals surface area contributed by atoms with Gasteiger partial charge in [0.15, 0.2) is 0 Å². The fraction of sp³-hybridized carbons (Fsp3) is 0.615. The molecule has 1 aromatic carbocycles. The maximum absolute atomic E-state index is 13.5. The van der Waals surface area contributed by atoms with Crippen LogP contribution in [0.2, 0.25) is 0 Å². The summed E-state index contributed by atoms with van der Waals surface area (Å²) in [7, 11) is 1.72. The number of nitrogens with one attached hydrogen (secondary N) is 3. The van der Waals surface area contributed by atoms with Gasteiger partial charge >= 0.3 is 0 Å². The van der Waals surface area contributed by atoms with Crippen molar-refractivity contribution in [2.24, 2.45) is 5.92 Å². The van der Waals surface area contributed by atoms with Gasteiger partial charge in [0, 0.05) is 6.54 Å². The SMILES string of the molecule is CC[C@H](C)[C@H](NC(=O)[C@H](C)NC)C(=O)N1CCC[C@H]1C(=O)N[C@@H]1CCCc2ccccc21.O=CO. The normalized spacial score (nSPS) is 21.4. The van der Waals surface area contributed by atoms with Crippen LogP contribution >= 0.6 is 0 Å². The van der Waals surface area contributed by atoms with E-state index in [2.05, 4.69) is 28.1 Å². The monoisotopic (exact) mass is 488 g/mol. The first-order valence-corrected chi connectivity index (χ1v) is 12.5. The number of rotatable bonds is 8. The molecule has 35 heavy (non-hydrogen) atoms. The van der Waals surface area contributed by atoms with E-state index >= 15 is 0 Å². The number of likely N-dealkylation sites (tertiary alicyclic amines) is 1. The van der Waals surface area contributed by atoms with Crippen LogP contribution < -0.4 is 16.0 Å². The van der Waals surface area contributed by atoms with E-state index in [0.717, 1.165) is 32.1 Å². The van der Waals surface area contributed by atoms with E-state index in [-0.39, 0.29) is 36.2 Å². The molecule has 1 aliphatic carbocycles. The maximum atomic E-state index is 13.5. The van der Waals surface area contributed by atoms with Crippen LogP contribution in [0.1, 0.15) is 70.0 Å². The van der Waals surface area contributed by atoms with E-state index in [9.17, 15) is 14.4 Å². The van der Waals surface area contributed by atoms with Gasteiger partial charge in [-0.15, -0.1) is 0 Å². The summed E-state index contributed by atoms with van der Waals surface area (Å²) < 4.78 is 0. The molecule has 3 amide bonds. The maximum Gasteiger partial charge on any atom is 0.290 e. The van der Waals surface area contributed by atoms with Gasteiger partial charge < -0.3 is 26.0 Å². The van der Waals surface area contributed by atoms with Crippen LogP contribution in [0.15, 0.2) is 24.3 Å². The van der Waals surface area contributed by atoms with E-state index in [1.807, 2.05) is 26.0 Å². The molecular formula is C26H40N4O5. The summed E-state index contributed by atoms with van der Waals surface area (Å²) in [4.78, 5) is 49.3. The number of carbonyl (C=O) groups excluding carboxylic acids is 3. The quantitative estimate of drug-likeness (QED) is 0.415. The van der Waals surface area contributed by atoms with Crippen molar-refractivity contribution < 1.29 is 24.3 Å². The third-order valence-electron chi connectivity index (χ3n) is 7.13. The minimum atomic E-state index is -0.632. The number of fused-ring (bicyclic) bond motifs is 1. The molecular weight excluding hydrogens is 448 g/mol. The average Bonchev–Trinajstić information content (AvgIpc) is 3.36. The van der Waals surface area contributed by atoms with Gasteiger partial charge in [0.05, 0.1) is 12.1 Å². The second kappa shape index (κ2) is 13.8. The molecule has 0 aromatic heterocycles. The molecule has 0 bridgehead atoms. The fourth-order valence-corrected chi connectivity index (χ4v) is 4.75. The predicted molar refractivity (Wildman–Crippen MR) is 134 cm³/mol. The zero-order valence-electron chi connectivity index (χ0n) is 21.3. The van der Waals surface area contributed by atoms with Crippen molar-refractivity contribution in [3.05, 3.63) is 35.4 Å². The minimum Gasteiger partial charge on any atom is -0.483 e. The zero-order valence-corrected chi connectivity index (χ0v) is 21.3. The first-order chi connectivity index (χ1) is 16.8. The minimum absolute atomic E-state index is 0.00783. The number of hydrogen-bond acceptors (Lipinski definition) is 5. The molecule has 4 N–H and O–H groups in total. The summed E-state index contributed by atoms with van der Waals surface area (Å²) in [5.74, 6) is -0.469. The highest BCUT2D eigenvalue weighted by Gasteiger charge is 2.40. The van der Waals surface area contributed by atoms with Crippen molar-refractivity contribution in [1.29, 1.82) is 0 Å². The van der Waals surface area contributed by atoms with E-state index in [1.165, 1.54) is 11.1 Å². The summed E-state index contributed by atoms with van der Waals surface area (Å²) in [5, 5.41) is 16.0. The number of carbonyl (C=O) groups is 4. The molecule has 0 radical (unpaired) electrons. The molecule has 5 atom stereocenters. The van der Waals surface area contributed by atoms with Crippen LogP contribution in [0.5, 0.6) is 0 Å². The highest BCUT2D eigenvalue weighted by Crippen LogP contribution is 2.30. The molecule has 3 rings (SSSR count). The van der Waals surface area contributed by atoms with Gasteiger partial charge in [0.25, 0.3) is 6.47 Å². The Bertz CT molecular complexity index is 877. The van der Waals surface area contributed by atoms with Gasteiger partial charge in [-0.05, 0) is 63.1 Å². The zero-order chi connectivity index (χ0) is 26.0. The first kappa shape index (κ1) is 28.3. The van der Waals surface area contributed by atoms with Gasteiger partial charge in [-0.3, -0.25) is 19.2 Å². The van der Waals surface area contributed by atoms with Crippen LogP contribution in [0.3, 0.4) is 0 Å². The lowest BCUT2D eigenvalue weighted by Gasteiger charge is -2.33. The molecule has 1 heterocycles. The lowest BCUT2D eigenvalue weighted by molar-refractivity contribution is -0.143. The first-order valence-electron chi connectivity index (χ1n) is 12.5. The van der Waals surface area contributed by atoms with E-state index in [4.69, 9.17) is 9.90 Å². The molecule has 1 fully saturated rings. The molecule has 0 saturated carbocycles. The molecule has 1 aliphatic heterocycles. The van der Waals surface area contributed by atoms with Crippen molar-refractivity contribution in [2.45, 2.75) is 83.5 Å². The molecule has 9 heteroatoms. The van der Waals surface area contributed by atoms with Crippen molar-refractivity contribution in [3.8, 4) is 0 Å². The van der Waals surface area contributed by atoms with Gasteiger partial charge in [-0.2, -0.15) is 0 Å². The summed E-state index contributed by atoms with van der Waals surface area (Å²) in [6.07, 6.45) is 5.20. The summed E-state index contributed by atoms with van der Waals surface area (Å²) >= 11 is 0. The van der Waals surface area contributed by atoms with Crippen LogP contribution in [-0.2, 0) is 25.6 Å². The number of carboxylic acid groups (broad SMARTS) is 1. The van der Waals surface area contributed by atoms with E-state index in [1.54, 1.807) is 18.9 Å². The Kier molecular flexibility index (Phi) is 11.2. The van der Waals surface area contributed by atoms with Crippen molar-refractivity contribution >= 4 is 24.2 Å². The van der Waals surface area contributed by atoms with Crippen molar-refractivity contribution in [3.63, 3.8) is 0 Å². The van der Waals surface area contributed by atoms with Gasteiger partial charge in [-0.1, -0.05) is 44.5 Å². The number of aryl methyl sites for hydroxylation is 1. The second-order valence-corrected chi connectivity index (χ2v) is 9.33. The number of benzene rings is 1. The van der Waals surface area contributed by atoms with Crippen LogP contribution in [-0.4, -0.2) is 65.9 Å². The van der Waals surface area contributed by atoms with Crippen LogP contribution in [0.4, 0.5) is 0 Å². The molecule has 0 unspecified atom stereocenters. The Morgan fingerprint density at radius 2 is 1.86 bits per heavy atom. The van der Waals surface area contributed by atoms with Gasteiger partial charge in [0.2, 0.25) is 17.7 Å². The van der Waals surface area contributed by atoms with Crippen molar-refractivity contribution in [2.75, 3.05) is 13.6 Å². The second-order valence-electron chi connectivity index (χ2n) is 9.33. The van der Waals surface area contributed by atoms with Crippen molar-refractivity contribution in [1.82, 2.24) is 20.9 Å². The third kappa shape index (κ3) is 7.27. The highest BCUT2D eigenvalue weighted by molar-refractivity contribution is 5.93. The topological polar surface area (TPSA) is 128 Å². The molecule has 2 aliphatic rings. The fourth-order valence-electron chi connectivity index (χ4n) is 4.75. The highest BCUT2D eigenvalue weighted by atomic mass is 16.3. The van der Waals surface area contributed by atoms with Gasteiger partial charge in [-0.25, -0.2) is 0 Å². The van der Waals surface area contributed by atoms with Crippen LogP contribution in [0, 0.1) is 5.92 Å². The predicted octanol–water partition coefficient (Wildman–Crippen LogP) is 2.01. The average molecular weight is 489 g/mol. The Morgan fingerprint density at radius 1 is 1.17 bits per heavy atom. The summed E-state index contributed by atoms with van der Waals surface area (Å²) in [6, 6.07) is 6.76. The van der Waals surface area contributed by atoms with E-state index in [0.29, 0.717) is 13.0 Å². The van der Waals surface area contributed by atoms with Gasteiger partial charge in [0.1, 0.15) is 12.1 Å². The Balaban J connectivity index is 0.00000137. The van der Waals surface area contributed by atoms with E-state index < -0.39 is 18.1 Å². The smallest absolute Gasteiger partial charge is 0.290 e. The lowest BCUT2D eigenvalue weighted by atomic mass is 9.87. The third-order valence-corrected chi connectivity index (χ3v) is 7.13. The Labute approximate surface area is 208 Å². The largest absolute Gasteiger partial charge is 0.483 e. The molecule has 0 spiro atoms. The number of likely N-dealkylation sites (N-methyl/N-ethyl adjacent to an activating group) is 1. The summed E-state index contributed by atoms with van der Waals surface area (Å²) in [5.41, 5.74) is 2.48. The number of amides is 3. The molecule has 1 saturated heterocycles. The standard InChI is InChI=1S/C25H38N4O3.CH2O2/c1-5-16(2)22(28-23(30)17(3)26-4)25(32)29-15-9-14-21(29)24(31)27-20-13-8-11-18-10-6-7-12-19(18)20;2-1-3/h6-7,10,12,16-17,20-22,26H,5,8-9,11,13-15H2,1-4H3,(H,27,31)(H,28,30);1H,(H,2,3)/t16-,17-,20+,21-,22-;/m0./s1. The summed E-state index contributed by atoms with van der Waals surface area (Å²) in [6.45, 7) is 6.04. The lowest BCUT2D eigenvalue weighted by Crippen LogP contribution is -2.57.